The Morgan fingerprint density at radius 2 is 2.00 bits per heavy atom. The molecule has 0 radical (unpaired) electrons. The van der Waals surface area contributed by atoms with Gasteiger partial charge in [0.2, 0.25) is 15.8 Å². The number of hydrogen-bond donors (Lipinski definition) is 1. The van der Waals surface area contributed by atoms with Crippen molar-refractivity contribution in [2.45, 2.75) is 0 Å². The fourth-order valence-corrected chi connectivity index (χ4v) is 1.46. The number of benzene rings is 1. The molecule has 1 heterocycles. The van der Waals surface area contributed by atoms with Crippen LogP contribution in [-0.2, 0) is 0 Å². The standard InChI is InChI=1S/C9H5BrO3/c10-9-8(12)7(11)5-3-1-2-4-6(5)13-9/h1-4,12H. The zero-order valence-electron chi connectivity index (χ0n) is 6.45. The van der Waals surface area contributed by atoms with Gasteiger partial charge in [-0.15, -0.1) is 0 Å². The van der Waals surface area contributed by atoms with Gasteiger partial charge in [0.15, 0.2) is 0 Å². The van der Waals surface area contributed by atoms with E-state index in [1.807, 2.05) is 0 Å². The van der Waals surface area contributed by atoms with E-state index in [1.54, 1.807) is 24.3 Å². The number of rotatable bonds is 0. The minimum Gasteiger partial charge on any atom is -0.501 e. The highest BCUT2D eigenvalue weighted by atomic mass is 79.9. The zero-order chi connectivity index (χ0) is 9.42. The van der Waals surface area contributed by atoms with Gasteiger partial charge in [0.25, 0.3) is 0 Å². The maximum Gasteiger partial charge on any atom is 0.235 e. The van der Waals surface area contributed by atoms with E-state index < -0.39 is 11.2 Å². The smallest absolute Gasteiger partial charge is 0.235 e. The van der Waals surface area contributed by atoms with Crippen molar-refractivity contribution < 1.29 is 9.52 Å². The molecule has 2 aromatic rings. The van der Waals surface area contributed by atoms with Crippen LogP contribution in [0.1, 0.15) is 0 Å². The van der Waals surface area contributed by atoms with Gasteiger partial charge in [-0.05, 0) is 28.1 Å². The zero-order valence-corrected chi connectivity index (χ0v) is 8.04. The SMILES string of the molecule is O=c1c(O)c(Br)oc2ccccc12. The molecule has 13 heavy (non-hydrogen) atoms. The second-order valence-corrected chi connectivity index (χ2v) is 3.27. The van der Waals surface area contributed by atoms with Crippen molar-refractivity contribution in [2.24, 2.45) is 0 Å². The molecule has 1 aromatic carbocycles. The van der Waals surface area contributed by atoms with Crippen molar-refractivity contribution in [1.29, 1.82) is 0 Å². The lowest BCUT2D eigenvalue weighted by atomic mass is 10.2. The van der Waals surface area contributed by atoms with Crippen molar-refractivity contribution >= 4 is 26.9 Å². The van der Waals surface area contributed by atoms with E-state index in [9.17, 15) is 9.90 Å². The molecule has 0 spiro atoms. The van der Waals surface area contributed by atoms with Crippen molar-refractivity contribution in [3.05, 3.63) is 39.2 Å². The Bertz CT molecular complexity index is 516. The minimum absolute atomic E-state index is 0.0659. The average Bonchev–Trinajstić information content (AvgIpc) is 2.15. The third-order valence-electron chi connectivity index (χ3n) is 1.73. The summed E-state index contributed by atoms with van der Waals surface area (Å²) in [6.45, 7) is 0. The first-order chi connectivity index (χ1) is 6.20. The predicted molar refractivity (Wildman–Crippen MR) is 51.8 cm³/mol. The van der Waals surface area contributed by atoms with Crippen molar-refractivity contribution in [3.63, 3.8) is 0 Å². The lowest BCUT2D eigenvalue weighted by Crippen LogP contribution is -2.00. The van der Waals surface area contributed by atoms with Crippen LogP contribution >= 0.6 is 15.9 Å². The number of para-hydroxylation sites is 1. The number of fused-ring (bicyclic) bond motifs is 1. The van der Waals surface area contributed by atoms with Gasteiger partial charge >= 0.3 is 0 Å². The summed E-state index contributed by atoms with van der Waals surface area (Å²) >= 11 is 2.95. The Balaban J connectivity index is 3.03. The maximum atomic E-state index is 11.4. The molecule has 4 heteroatoms. The van der Waals surface area contributed by atoms with Crippen molar-refractivity contribution in [1.82, 2.24) is 0 Å². The summed E-state index contributed by atoms with van der Waals surface area (Å²) in [6, 6.07) is 6.75. The van der Waals surface area contributed by atoms with E-state index in [1.165, 1.54) is 0 Å². The highest BCUT2D eigenvalue weighted by molar-refractivity contribution is 9.10. The Kier molecular flexibility index (Phi) is 1.84. The van der Waals surface area contributed by atoms with Crippen LogP contribution in [0.5, 0.6) is 5.75 Å². The molecule has 0 fully saturated rings. The van der Waals surface area contributed by atoms with Crippen LogP contribution in [0, 0.1) is 0 Å². The molecule has 66 valence electrons. The molecule has 0 aliphatic carbocycles. The molecular formula is C9H5BrO3. The Morgan fingerprint density at radius 1 is 1.31 bits per heavy atom. The molecule has 0 unspecified atom stereocenters. The minimum atomic E-state index is -0.422. The molecule has 0 saturated heterocycles. The van der Waals surface area contributed by atoms with Gasteiger partial charge in [-0.3, -0.25) is 4.79 Å². The molecule has 0 atom stereocenters. The second-order valence-electron chi connectivity index (χ2n) is 2.55. The van der Waals surface area contributed by atoms with Crippen LogP contribution in [0.3, 0.4) is 0 Å². The number of halogens is 1. The third-order valence-corrected chi connectivity index (χ3v) is 2.27. The maximum absolute atomic E-state index is 11.4. The highest BCUT2D eigenvalue weighted by Gasteiger charge is 2.09. The predicted octanol–water partition coefficient (Wildman–Crippen LogP) is 2.26. The third kappa shape index (κ3) is 1.23. The molecule has 0 saturated carbocycles. The van der Waals surface area contributed by atoms with E-state index in [0.717, 1.165) is 0 Å². The van der Waals surface area contributed by atoms with E-state index in [4.69, 9.17) is 4.42 Å². The van der Waals surface area contributed by atoms with Gasteiger partial charge < -0.3 is 9.52 Å². The monoisotopic (exact) mass is 240 g/mol. The lowest BCUT2D eigenvalue weighted by molar-refractivity contribution is 0.429. The fourth-order valence-electron chi connectivity index (χ4n) is 1.10. The molecule has 0 amide bonds. The first kappa shape index (κ1) is 8.31. The summed E-state index contributed by atoms with van der Waals surface area (Å²) in [5.41, 5.74) is 0.0332. The largest absolute Gasteiger partial charge is 0.501 e. The number of aromatic hydroxyl groups is 1. The van der Waals surface area contributed by atoms with Crippen LogP contribution in [0.25, 0.3) is 11.0 Å². The molecule has 3 nitrogen and oxygen atoms in total. The van der Waals surface area contributed by atoms with Gasteiger partial charge in [0.05, 0.1) is 5.39 Å². The lowest BCUT2D eigenvalue weighted by Gasteiger charge is -1.98. The summed E-state index contributed by atoms with van der Waals surface area (Å²) in [6.07, 6.45) is 0. The van der Waals surface area contributed by atoms with Crippen LogP contribution in [0.2, 0.25) is 0 Å². The van der Waals surface area contributed by atoms with E-state index >= 15 is 0 Å². The quantitative estimate of drug-likeness (QED) is 0.769. The van der Waals surface area contributed by atoms with Gasteiger partial charge in [0.1, 0.15) is 5.58 Å². The van der Waals surface area contributed by atoms with E-state index in [-0.39, 0.29) is 4.67 Å². The average molecular weight is 241 g/mol. The summed E-state index contributed by atoms with van der Waals surface area (Å²) < 4.78 is 5.21. The fraction of sp³-hybridized carbons (Fsp3) is 0. The van der Waals surface area contributed by atoms with Gasteiger partial charge in [-0.2, -0.15) is 0 Å². The molecule has 2 rings (SSSR count). The summed E-state index contributed by atoms with van der Waals surface area (Å²) in [4.78, 5) is 11.4. The van der Waals surface area contributed by atoms with Gasteiger partial charge in [0, 0.05) is 0 Å². The van der Waals surface area contributed by atoms with E-state index in [0.29, 0.717) is 11.0 Å². The Hall–Kier alpha value is -1.29. The Morgan fingerprint density at radius 3 is 2.77 bits per heavy atom. The summed E-state index contributed by atoms with van der Waals surface area (Å²) in [7, 11) is 0. The normalized spacial score (nSPS) is 10.5. The highest BCUT2D eigenvalue weighted by Crippen LogP contribution is 2.23. The molecule has 0 aliphatic heterocycles. The molecule has 1 aromatic heterocycles. The van der Waals surface area contributed by atoms with Gasteiger partial charge in [-0.1, -0.05) is 12.1 Å². The second kappa shape index (κ2) is 2.88. The number of hydrogen-bond acceptors (Lipinski definition) is 3. The first-order valence-corrected chi connectivity index (χ1v) is 4.40. The topological polar surface area (TPSA) is 50.4 Å². The van der Waals surface area contributed by atoms with Crippen LogP contribution in [0.15, 0.2) is 38.1 Å². The summed E-state index contributed by atoms with van der Waals surface area (Å²) in [5, 5.41) is 9.63. The van der Waals surface area contributed by atoms with Gasteiger partial charge in [-0.25, -0.2) is 0 Å². The van der Waals surface area contributed by atoms with Crippen LogP contribution < -0.4 is 5.43 Å². The van der Waals surface area contributed by atoms with Crippen LogP contribution in [-0.4, -0.2) is 5.11 Å². The van der Waals surface area contributed by atoms with Crippen molar-refractivity contribution in [2.75, 3.05) is 0 Å². The molecule has 0 aliphatic rings. The molecular weight excluding hydrogens is 236 g/mol. The summed E-state index contributed by atoms with van der Waals surface area (Å²) in [5.74, 6) is -0.390. The Labute approximate surface area is 81.7 Å². The van der Waals surface area contributed by atoms with Crippen molar-refractivity contribution in [3.8, 4) is 5.75 Å². The first-order valence-electron chi connectivity index (χ1n) is 3.60. The molecule has 0 bridgehead atoms. The van der Waals surface area contributed by atoms with Crippen LogP contribution in [0.4, 0.5) is 0 Å². The van der Waals surface area contributed by atoms with E-state index in [2.05, 4.69) is 15.9 Å². The molecule has 1 N–H and O–H groups in total.